The molecule has 0 aliphatic carbocycles. The third-order valence-corrected chi connectivity index (χ3v) is 2.18. The zero-order valence-electron chi connectivity index (χ0n) is 9.79. The Morgan fingerprint density at radius 2 is 2.07 bits per heavy atom. The normalized spacial score (nSPS) is 9.87. The van der Waals surface area contributed by atoms with Gasteiger partial charge in [0.15, 0.2) is 0 Å². The van der Waals surface area contributed by atoms with Crippen molar-refractivity contribution in [2.24, 2.45) is 0 Å². The predicted octanol–water partition coefficient (Wildman–Crippen LogP) is 2.13. The maximum Gasteiger partial charge on any atom is 0.255 e. The van der Waals surface area contributed by atoms with Crippen LogP contribution in [-0.2, 0) is 0 Å². The minimum absolute atomic E-state index is 0.0367. The van der Waals surface area contributed by atoms with Gasteiger partial charge in [0.25, 0.3) is 5.91 Å². The molecule has 1 amide bonds. The zero-order chi connectivity index (χ0) is 11.4. The lowest BCUT2D eigenvalue weighted by Crippen LogP contribution is -2.23. The molecule has 0 radical (unpaired) electrons. The standard InChI is InChI=1S/C12H18N2O/c1-5-13-11-7-6-9(2)8-10(11)12(15)14(3)4/h6-8,13H,5H2,1-4H3. The summed E-state index contributed by atoms with van der Waals surface area (Å²) in [5.41, 5.74) is 2.74. The molecule has 82 valence electrons. The number of rotatable bonds is 3. The van der Waals surface area contributed by atoms with Crippen LogP contribution in [0.2, 0.25) is 0 Å². The number of carbonyl (C=O) groups is 1. The van der Waals surface area contributed by atoms with Crippen molar-refractivity contribution in [3.63, 3.8) is 0 Å². The van der Waals surface area contributed by atoms with Crippen LogP contribution in [0.4, 0.5) is 5.69 Å². The van der Waals surface area contributed by atoms with Gasteiger partial charge in [0.1, 0.15) is 0 Å². The van der Waals surface area contributed by atoms with E-state index >= 15 is 0 Å². The van der Waals surface area contributed by atoms with Crippen molar-refractivity contribution in [3.8, 4) is 0 Å². The van der Waals surface area contributed by atoms with Crippen LogP contribution in [0.3, 0.4) is 0 Å². The van der Waals surface area contributed by atoms with E-state index < -0.39 is 0 Å². The monoisotopic (exact) mass is 206 g/mol. The second-order valence-electron chi connectivity index (χ2n) is 3.78. The van der Waals surface area contributed by atoms with E-state index in [9.17, 15) is 4.79 Å². The van der Waals surface area contributed by atoms with Gasteiger partial charge in [-0.2, -0.15) is 0 Å². The van der Waals surface area contributed by atoms with Gasteiger partial charge in [0.05, 0.1) is 5.56 Å². The molecule has 3 nitrogen and oxygen atoms in total. The third kappa shape index (κ3) is 2.72. The summed E-state index contributed by atoms with van der Waals surface area (Å²) >= 11 is 0. The highest BCUT2D eigenvalue weighted by Gasteiger charge is 2.12. The number of nitrogens with zero attached hydrogens (tertiary/aromatic N) is 1. The molecule has 1 N–H and O–H groups in total. The highest BCUT2D eigenvalue weighted by Crippen LogP contribution is 2.18. The molecule has 0 atom stereocenters. The molecule has 1 aromatic carbocycles. The molecular weight excluding hydrogens is 188 g/mol. The molecule has 0 unspecified atom stereocenters. The van der Waals surface area contributed by atoms with E-state index in [0.717, 1.165) is 23.4 Å². The Balaban J connectivity index is 3.12. The number of amides is 1. The summed E-state index contributed by atoms with van der Waals surface area (Å²) in [5.74, 6) is 0.0367. The Hall–Kier alpha value is -1.51. The molecule has 0 saturated carbocycles. The van der Waals surface area contributed by atoms with Crippen molar-refractivity contribution >= 4 is 11.6 Å². The Bertz CT molecular complexity index is 359. The average Bonchev–Trinajstić information content (AvgIpc) is 2.20. The van der Waals surface area contributed by atoms with Gasteiger partial charge in [0, 0.05) is 26.3 Å². The number of benzene rings is 1. The zero-order valence-corrected chi connectivity index (χ0v) is 9.79. The number of anilines is 1. The van der Waals surface area contributed by atoms with Crippen molar-refractivity contribution in [1.29, 1.82) is 0 Å². The molecule has 1 rings (SSSR count). The lowest BCUT2D eigenvalue weighted by Gasteiger charge is -2.15. The molecule has 1 aromatic rings. The van der Waals surface area contributed by atoms with Gasteiger partial charge in [-0.15, -0.1) is 0 Å². The van der Waals surface area contributed by atoms with E-state index in [1.165, 1.54) is 0 Å². The minimum atomic E-state index is 0.0367. The second-order valence-corrected chi connectivity index (χ2v) is 3.78. The first-order valence-electron chi connectivity index (χ1n) is 5.12. The summed E-state index contributed by atoms with van der Waals surface area (Å²) in [4.78, 5) is 13.5. The SMILES string of the molecule is CCNc1ccc(C)cc1C(=O)N(C)C. The number of carbonyl (C=O) groups excluding carboxylic acids is 1. The lowest BCUT2D eigenvalue weighted by molar-refractivity contribution is 0.0828. The third-order valence-electron chi connectivity index (χ3n) is 2.18. The molecule has 15 heavy (non-hydrogen) atoms. The maximum absolute atomic E-state index is 11.9. The van der Waals surface area contributed by atoms with Crippen LogP contribution in [-0.4, -0.2) is 31.4 Å². The molecule has 0 bridgehead atoms. The number of nitrogens with one attached hydrogen (secondary N) is 1. The largest absolute Gasteiger partial charge is 0.385 e. The average molecular weight is 206 g/mol. The molecule has 3 heteroatoms. The van der Waals surface area contributed by atoms with Crippen LogP contribution in [0, 0.1) is 6.92 Å². The van der Waals surface area contributed by atoms with Crippen LogP contribution in [0.1, 0.15) is 22.8 Å². The van der Waals surface area contributed by atoms with Gasteiger partial charge < -0.3 is 10.2 Å². The molecule has 0 spiro atoms. The van der Waals surface area contributed by atoms with Gasteiger partial charge in [-0.1, -0.05) is 11.6 Å². The lowest BCUT2D eigenvalue weighted by atomic mass is 10.1. The maximum atomic E-state index is 11.9. The Morgan fingerprint density at radius 1 is 1.40 bits per heavy atom. The molecule has 0 fully saturated rings. The van der Waals surface area contributed by atoms with Crippen molar-refractivity contribution < 1.29 is 4.79 Å². The highest BCUT2D eigenvalue weighted by atomic mass is 16.2. The van der Waals surface area contributed by atoms with Gasteiger partial charge >= 0.3 is 0 Å². The summed E-state index contributed by atoms with van der Waals surface area (Å²) in [6.45, 7) is 4.82. The smallest absolute Gasteiger partial charge is 0.255 e. The van der Waals surface area contributed by atoms with Crippen LogP contribution in [0.5, 0.6) is 0 Å². The summed E-state index contributed by atoms with van der Waals surface area (Å²) < 4.78 is 0. The van der Waals surface area contributed by atoms with Crippen LogP contribution in [0.15, 0.2) is 18.2 Å². The fourth-order valence-electron chi connectivity index (χ4n) is 1.42. The van der Waals surface area contributed by atoms with Gasteiger partial charge in [0.2, 0.25) is 0 Å². The summed E-state index contributed by atoms with van der Waals surface area (Å²) in [6, 6.07) is 5.88. The van der Waals surface area contributed by atoms with Crippen molar-refractivity contribution in [3.05, 3.63) is 29.3 Å². The van der Waals surface area contributed by atoms with Gasteiger partial charge in [-0.25, -0.2) is 0 Å². The fraction of sp³-hybridized carbons (Fsp3) is 0.417. The summed E-state index contributed by atoms with van der Waals surface area (Å²) in [6.07, 6.45) is 0. The number of hydrogen-bond donors (Lipinski definition) is 1. The summed E-state index contributed by atoms with van der Waals surface area (Å²) in [5, 5.41) is 3.19. The topological polar surface area (TPSA) is 32.3 Å². The van der Waals surface area contributed by atoms with Crippen molar-refractivity contribution in [2.75, 3.05) is 26.0 Å². The summed E-state index contributed by atoms with van der Waals surface area (Å²) in [7, 11) is 3.53. The fourth-order valence-corrected chi connectivity index (χ4v) is 1.42. The molecule has 0 saturated heterocycles. The molecule has 0 heterocycles. The number of hydrogen-bond acceptors (Lipinski definition) is 2. The molecule has 0 aliphatic heterocycles. The second kappa shape index (κ2) is 4.82. The van der Waals surface area contributed by atoms with E-state index in [1.54, 1.807) is 19.0 Å². The molecule has 0 aromatic heterocycles. The van der Waals surface area contributed by atoms with Crippen molar-refractivity contribution in [1.82, 2.24) is 4.90 Å². The first kappa shape index (κ1) is 11.6. The Labute approximate surface area is 91.1 Å². The first-order valence-corrected chi connectivity index (χ1v) is 5.12. The van der Waals surface area contributed by atoms with Gasteiger partial charge in [-0.3, -0.25) is 4.79 Å². The van der Waals surface area contributed by atoms with E-state index in [4.69, 9.17) is 0 Å². The van der Waals surface area contributed by atoms with Crippen LogP contribution >= 0.6 is 0 Å². The quantitative estimate of drug-likeness (QED) is 0.821. The van der Waals surface area contributed by atoms with E-state index in [-0.39, 0.29) is 5.91 Å². The van der Waals surface area contributed by atoms with E-state index in [2.05, 4.69) is 5.32 Å². The molecule has 0 aliphatic rings. The first-order chi connectivity index (χ1) is 7.06. The van der Waals surface area contributed by atoms with Crippen LogP contribution in [0.25, 0.3) is 0 Å². The minimum Gasteiger partial charge on any atom is -0.385 e. The van der Waals surface area contributed by atoms with Crippen LogP contribution < -0.4 is 5.32 Å². The van der Waals surface area contributed by atoms with E-state index in [0.29, 0.717) is 0 Å². The molecular formula is C12H18N2O. The highest BCUT2D eigenvalue weighted by molar-refractivity contribution is 5.99. The van der Waals surface area contributed by atoms with E-state index in [1.807, 2.05) is 32.0 Å². The Kier molecular flexibility index (Phi) is 3.72. The van der Waals surface area contributed by atoms with Gasteiger partial charge in [-0.05, 0) is 26.0 Å². The van der Waals surface area contributed by atoms with Crippen molar-refractivity contribution in [2.45, 2.75) is 13.8 Å². The number of aryl methyl sites for hydroxylation is 1. The predicted molar refractivity (Wildman–Crippen MR) is 63.4 cm³/mol. The Morgan fingerprint density at radius 3 is 2.60 bits per heavy atom.